The molecule has 0 bridgehead atoms. The largest absolute Gasteiger partial charge is 0.493 e. The number of thioether (sulfide) groups is 1. The summed E-state index contributed by atoms with van der Waals surface area (Å²) in [6, 6.07) is 4.44. The molecule has 0 aliphatic rings. The number of aryl methyl sites for hydroxylation is 2. The molecule has 0 radical (unpaired) electrons. The summed E-state index contributed by atoms with van der Waals surface area (Å²) in [7, 11) is 0. The maximum Gasteiger partial charge on any atom is 0.133 e. The Hall–Kier alpha value is -1.14. The highest BCUT2D eigenvalue weighted by molar-refractivity contribution is 8.03. The molecule has 1 unspecified atom stereocenters. The number of benzene rings is 1. The number of nitriles is 1. The lowest BCUT2D eigenvalue weighted by Gasteiger charge is -2.21. The fourth-order valence-electron chi connectivity index (χ4n) is 2.52. The third-order valence-corrected chi connectivity index (χ3v) is 4.03. The predicted molar refractivity (Wildman–Crippen MR) is 87.4 cm³/mol. The Morgan fingerprint density at radius 3 is 2.65 bits per heavy atom. The first-order valence-corrected chi connectivity index (χ1v) is 8.37. The van der Waals surface area contributed by atoms with Crippen molar-refractivity contribution in [2.45, 2.75) is 52.9 Å². The first kappa shape index (κ1) is 16.9. The molecule has 1 aromatic carbocycles. The lowest BCUT2D eigenvalue weighted by Crippen LogP contribution is -2.06. The zero-order valence-electron chi connectivity index (χ0n) is 13.0. The van der Waals surface area contributed by atoms with E-state index in [9.17, 15) is 0 Å². The normalized spacial score (nSPS) is 11.9. The van der Waals surface area contributed by atoms with Gasteiger partial charge in [0.2, 0.25) is 0 Å². The minimum atomic E-state index is 0.473. The standard InChI is InChI=1S/C17H25NOS/c1-5-8-19-17-14(4)10-13(3)11-16(17)15(6-2)7-9-20-12-18/h10-11,15H,5-9H2,1-4H3. The molecule has 0 N–H and O–H groups in total. The minimum absolute atomic E-state index is 0.473. The van der Waals surface area contributed by atoms with Crippen molar-refractivity contribution in [2.75, 3.05) is 12.4 Å². The highest BCUT2D eigenvalue weighted by Gasteiger charge is 2.17. The van der Waals surface area contributed by atoms with Crippen LogP contribution in [0.3, 0.4) is 0 Å². The molecule has 20 heavy (non-hydrogen) atoms. The van der Waals surface area contributed by atoms with Crippen molar-refractivity contribution in [3.8, 4) is 11.2 Å². The number of thiocyanates is 1. The van der Waals surface area contributed by atoms with Crippen molar-refractivity contribution in [2.24, 2.45) is 0 Å². The molecule has 0 saturated carbocycles. The van der Waals surface area contributed by atoms with E-state index in [4.69, 9.17) is 10.00 Å². The average molecular weight is 291 g/mol. The maximum atomic E-state index is 8.67. The molecular formula is C17H25NOS. The van der Waals surface area contributed by atoms with Crippen molar-refractivity contribution in [3.05, 3.63) is 28.8 Å². The number of rotatable bonds is 8. The van der Waals surface area contributed by atoms with Crippen LogP contribution in [0, 0.1) is 24.5 Å². The molecular weight excluding hydrogens is 266 g/mol. The van der Waals surface area contributed by atoms with Crippen LogP contribution in [0.25, 0.3) is 0 Å². The molecule has 0 spiro atoms. The predicted octanol–water partition coefficient (Wildman–Crippen LogP) is 5.19. The van der Waals surface area contributed by atoms with E-state index in [1.165, 1.54) is 28.5 Å². The van der Waals surface area contributed by atoms with Crippen LogP contribution in [0.2, 0.25) is 0 Å². The molecule has 3 heteroatoms. The molecule has 1 aromatic rings. The smallest absolute Gasteiger partial charge is 0.133 e. The molecule has 1 rings (SSSR count). The van der Waals surface area contributed by atoms with Gasteiger partial charge in [0.25, 0.3) is 0 Å². The fourth-order valence-corrected chi connectivity index (χ4v) is 3.01. The van der Waals surface area contributed by atoms with Gasteiger partial charge in [0.15, 0.2) is 0 Å². The first-order chi connectivity index (χ1) is 9.63. The van der Waals surface area contributed by atoms with Crippen LogP contribution in [0.5, 0.6) is 5.75 Å². The quantitative estimate of drug-likeness (QED) is 0.488. The molecule has 0 aliphatic heterocycles. The summed E-state index contributed by atoms with van der Waals surface area (Å²) in [4.78, 5) is 0. The fraction of sp³-hybridized carbons (Fsp3) is 0.588. The minimum Gasteiger partial charge on any atom is -0.493 e. The van der Waals surface area contributed by atoms with Crippen LogP contribution < -0.4 is 4.74 Å². The zero-order chi connectivity index (χ0) is 15.0. The summed E-state index contributed by atoms with van der Waals surface area (Å²) in [5.41, 5.74) is 3.82. The highest BCUT2D eigenvalue weighted by atomic mass is 32.2. The zero-order valence-corrected chi connectivity index (χ0v) is 13.8. The van der Waals surface area contributed by atoms with Gasteiger partial charge in [0, 0.05) is 5.75 Å². The number of nitrogens with zero attached hydrogens (tertiary/aromatic N) is 1. The molecule has 0 saturated heterocycles. The molecule has 1 atom stereocenters. The van der Waals surface area contributed by atoms with Crippen LogP contribution in [0.1, 0.15) is 55.7 Å². The molecule has 0 aliphatic carbocycles. The Kier molecular flexibility index (Phi) is 7.54. The van der Waals surface area contributed by atoms with Crippen molar-refractivity contribution in [1.29, 1.82) is 5.26 Å². The Balaban J connectivity index is 3.01. The van der Waals surface area contributed by atoms with E-state index in [1.54, 1.807) is 0 Å². The van der Waals surface area contributed by atoms with Crippen molar-refractivity contribution >= 4 is 11.8 Å². The number of ether oxygens (including phenoxy) is 1. The molecule has 110 valence electrons. The van der Waals surface area contributed by atoms with Gasteiger partial charge in [-0.25, -0.2) is 0 Å². The number of hydrogen-bond acceptors (Lipinski definition) is 3. The van der Waals surface area contributed by atoms with Gasteiger partial charge in [-0.1, -0.05) is 31.5 Å². The Morgan fingerprint density at radius 2 is 2.05 bits per heavy atom. The van der Waals surface area contributed by atoms with E-state index in [0.717, 1.165) is 37.4 Å². The Labute approximate surface area is 127 Å². The molecule has 0 heterocycles. The summed E-state index contributed by atoms with van der Waals surface area (Å²) >= 11 is 1.34. The SMILES string of the molecule is CCCOc1c(C)cc(C)cc1C(CC)CCSC#N. The van der Waals surface area contributed by atoms with E-state index in [-0.39, 0.29) is 0 Å². The Bertz CT molecular complexity index is 465. The van der Waals surface area contributed by atoms with Gasteiger partial charge >= 0.3 is 0 Å². The maximum absolute atomic E-state index is 8.67. The van der Waals surface area contributed by atoms with E-state index in [1.807, 2.05) is 0 Å². The third kappa shape index (κ3) is 4.76. The van der Waals surface area contributed by atoms with Gasteiger partial charge in [0.05, 0.1) is 6.61 Å². The summed E-state index contributed by atoms with van der Waals surface area (Å²) in [6.07, 6.45) is 3.13. The van der Waals surface area contributed by atoms with E-state index in [0.29, 0.717) is 5.92 Å². The van der Waals surface area contributed by atoms with Gasteiger partial charge in [-0.15, -0.1) is 0 Å². The van der Waals surface area contributed by atoms with Crippen molar-refractivity contribution in [3.63, 3.8) is 0 Å². The van der Waals surface area contributed by atoms with Gasteiger partial charge < -0.3 is 4.74 Å². The first-order valence-electron chi connectivity index (χ1n) is 7.38. The summed E-state index contributed by atoms with van der Waals surface area (Å²) in [5, 5.41) is 10.8. The second-order valence-electron chi connectivity index (χ2n) is 5.18. The molecule has 0 amide bonds. The molecule has 2 nitrogen and oxygen atoms in total. The third-order valence-electron chi connectivity index (χ3n) is 3.46. The summed E-state index contributed by atoms with van der Waals surface area (Å²) in [6.45, 7) is 9.36. The monoisotopic (exact) mass is 291 g/mol. The van der Waals surface area contributed by atoms with E-state index < -0.39 is 0 Å². The molecule has 0 aromatic heterocycles. The van der Waals surface area contributed by atoms with Crippen molar-refractivity contribution < 1.29 is 4.74 Å². The van der Waals surface area contributed by atoms with Gasteiger partial charge in [-0.2, -0.15) is 5.26 Å². The Morgan fingerprint density at radius 1 is 1.30 bits per heavy atom. The van der Waals surface area contributed by atoms with Crippen LogP contribution in [0.4, 0.5) is 0 Å². The number of hydrogen-bond donors (Lipinski definition) is 0. The van der Waals surface area contributed by atoms with Crippen LogP contribution in [-0.4, -0.2) is 12.4 Å². The van der Waals surface area contributed by atoms with Crippen LogP contribution in [-0.2, 0) is 0 Å². The lowest BCUT2D eigenvalue weighted by molar-refractivity contribution is 0.309. The average Bonchev–Trinajstić information content (AvgIpc) is 2.42. The van der Waals surface area contributed by atoms with E-state index >= 15 is 0 Å². The van der Waals surface area contributed by atoms with Crippen LogP contribution in [0.15, 0.2) is 12.1 Å². The second-order valence-corrected chi connectivity index (χ2v) is 6.06. The second kappa shape index (κ2) is 8.92. The highest BCUT2D eigenvalue weighted by Crippen LogP contribution is 2.35. The van der Waals surface area contributed by atoms with Crippen molar-refractivity contribution in [1.82, 2.24) is 0 Å². The topological polar surface area (TPSA) is 33.0 Å². The van der Waals surface area contributed by atoms with Crippen LogP contribution >= 0.6 is 11.8 Å². The summed E-state index contributed by atoms with van der Waals surface area (Å²) in [5.74, 6) is 2.42. The summed E-state index contributed by atoms with van der Waals surface area (Å²) < 4.78 is 5.99. The van der Waals surface area contributed by atoms with Gasteiger partial charge in [-0.05, 0) is 61.9 Å². The van der Waals surface area contributed by atoms with E-state index in [2.05, 4.69) is 45.2 Å². The molecule has 0 fully saturated rings. The van der Waals surface area contributed by atoms with Gasteiger partial charge in [0.1, 0.15) is 11.2 Å². The van der Waals surface area contributed by atoms with Gasteiger partial charge in [-0.3, -0.25) is 0 Å². The lowest BCUT2D eigenvalue weighted by atomic mass is 9.90.